The van der Waals surface area contributed by atoms with Crippen molar-refractivity contribution in [3.05, 3.63) is 42.2 Å². The Labute approximate surface area is 117 Å². The number of hydrogen-bond donors (Lipinski definition) is 2. The van der Waals surface area contributed by atoms with Crippen LogP contribution in [0.4, 0.5) is 0 Å². The average molecular weight is 277 g/mol. The van der Waals surface area contributed by atoms with Crippen molar-refractivity contribution < 1.29 is 0 Å². The summed E-state index contributed by atoms with van der Waals surface area (Å²) >= 11 is 1.88. The Hall–Kier alpha value is -1.37. The van der Waals surface area contributed by atoms with Gasteiger partial charge in [0.15, 0.2) is 0 Å². The van der Waals surface area contributed by atoms with Crippen molar-refractivity contribution in [2.75, 3.05) is 11.5 Å². The molecule has 0 aliphatic carbocycles. The molecule has 0 aliphatic heterocycles. The second-order valence-electron chi connectivity index (χ2n) is 4.20. The van der Waals surface area contributed by atoms with Gasteiger partial charge in [-0.25, -0.2) is 4.68 Å². The number of aromatic nitrogens is 3. The Bertz CT molecular complexity index is 485. The van der Waals surface area contributed by atoms with E-state index < -0.39 is 0 Å². The quantitative estimate of drug-likeness (QED) is 0.460. The fraction of sp³-hybridized carbons (Fsp3) is 0.385. The van der Waals surface area contributed by atoms with Crippen LogP contribution < -0.4 is 11.3 Å². The molecule has 0 saturated carbocycles. The largest absolute Gasteiger partial charge is 0.271 e. The van der Waals surface area contributed by atoms with Gasteiger partial charge in [-0.05, 0) is 24.3 Å². The predicted octanol–water partition coefficient (Wildman–Crippen LogP) is 1.91. The molecule has 1 aromatic carbocycles. The van der Waals surface area contributed by atoms with E-state index in [1.54, 1.807) is 6.20 Å². The van der Waals surface area contributed by atoms with Gasteiger partial charge in [-0.2, -0.15) is 11.8 Å². The molecule has 2 aromatic rings. The number of nitrogens with two attached hydrogens (primary N) is 1. The van der Waals surface area contributed by atoms with Crippen LogP contribution in [0.5, 0.6) is 0 Å². The maximum Gasteiger partial charge on any atom is 0.0837 e. The minimum atomic E-state index is 0.0479. The first-order valence-corrected chi connectivity index (χ1v) is 7.52. The molecule has 1 atom stereocenters. The van der Waals surface area contributed by atoms with Gasteiger partial charge < -0.3 is 0 Å². The lowest BCUT2D eigenvalue weighted by Crippen LogP contribution is -2.31. The third-order valence-electron chi connectivity index (χ3n) is 2.77. The summed E-state index contributed by atoms with van der Waals surface area (Å²) in [4.78, 5) is 0. The zero-order valence-electron chi connectivity index (χ0n) is 11.0. The van der Waals surface area contributed by atoms with Crippen molar-refractivity contribution in [3.63, 3.8) is 0 Å². The van der Waals surface area contributed by atoms with Crippen LogP contribution in [0.3, 0.4) is 0 Å². The van der Waals surface area contributed by atoms with Crippen LogP contribution in [0.1, 0.15) is 25.1 Å². The summed E-state index contributed by atoms with van der Waals surface area (Å²) in [5.74, 6) is 7.70. The van der Waals surface area contributed by atoms with E-state index in [0.29, 0.717) is 0 Å². The summed E-state index contributed by atoms with van der Waals surface area (Å²) in [5, 5.41) is 8.15. The minimum absolute atomic E-state index is 0.0479. The summed E-state index contributed by atoms with van der Waals surface area (Å²) in [6, 6.07) is 10.0. The van der Waals surface area contributed by atoms with Gasteiger partial charge in [-0.3, -0.25) is 11.3 Å². The van der Waals surface area contributed by atoms with Crippen LogP contribution in [0.25, 0.3) is 5.69 Å². The van der Waals surface area contributed by atoms with Gasteiger partial charge in [0.1, 0.15) is 0 Å². The zero-order valence-corrected chi connectivity index (χ0v) is 11.8. The number of para-hydroxylation sites is 1. The van der Waals surface area contributed by atoms with E-state index in [2.05, 4.69) is 22.7 Å². The molecule has 0 spiro atoms. The Kier molecular flexibility index (Phi) is 5.38. The number of benzene rings is 1. The first-order chi connectivity index (χ1) is 9.36. The maximum atomic E-state index is 5.66. The first kappa shape index (κ1) is 14.0. The van der Waals surface area contributed by atoms with Crippen LogP contribution >= 0.6 is 11.8 Å². The van der Waals surface area contributed by atoms with Crippen LogP contribution in [0.15, 0.2) is 36.5 Å². The van der Waals surface area contributed by atoms with E-state index in [-0.39, 0.29) is 6.04 Å². The SMILES string of the molecule is CCCSCC(NN)c1cnnn1-c1ccccc1. The van der Waals surface area contributed by atoms with Crippen molar-refractivity contribution in [2.24, 2.45) is 5.84 Å². The second kappa shape index (κ2) is 7.28. The molecule has 0 radical (unpaired) electrons. The molecule has 0 amide bonds. The fourth-order valence-electron chi connectivity index (χ4n) is 1.81. The van der Waals surface area contributed by atoms with Crippen molar-refractivity contribution in [2.45, 2.75) is 19.4 Å². The van der Waals surface area contributed by atoms with Crippen LogP contribution in [-0.4, -0.2) is 26.5 Å². The van der Waals surface area contributed by atoms with Crippen LogP contribution in [0.2, 0.25) is 0 Å². The lowest BCUT2D eigenvalue weighted by Gasteiger charge is -2.16. The maximum absolute atomic E-state index is 5.66. The summed E-state index contributed by atoms with van der Waals surface area (Å²) in [6.07, 6.45) is 2.93. The van der Waals surface area contributed by atoms with Crippen molar-refractivity contribution in [1.29, 1.82) is 0 Å². The number of hydrazine groups is 1. The first-order valence-electron chi connectivity index (χ1n) is 6.36. The Balaban J connectivity index is 2.18. The van der Waals surface area contributed by atoms with Crippen molar-refractivity contribution in [3.8, 4) is 5.69 Å². The third-order valence-corrected chi connectivity index (χ3v) is 4.03. The molecule has 0 fully saturated rings. The highest BCUT2D eigenvalue weighted by atomic mass is 32.2. The average Bonchev–Trinajstić information content (AvgIpc) is 2.94. The lowest BCUT2D eigenvalue weighted by molar-refractivity contribution is 0.572. The van der Waals surface area contributed by atoms with E-state index in [1.807, 2.05) is 46.8 Å². The van der Waals surface area contributed by atoms with E-state index in [9.17, 15) is 0 Å². The highest BCUT2D eigenvalue weighted by Gasteiger charge is 2.16. The molecule has 2 rings (SSSR count). The third kappa shape index (κ3) is 3.56. The second-order valence-corrected chi connectivity index (χ2v) is 5.35. The molecule has 3 N–H and O–H groups in total. The van der Waals surface area contributed by atoms with Gasteiger partial charge in [0, 0.05) is 5.75 Å². The number of thioether (sulfide) groups is 1. The Morgan fingerprint density at radius 3 is 2.84 bits per heavy atom. The van der Waals surface area contributed by atoms with Gasteiger partial charge in [0.25, 0.3) is 0 Å². The summed E-state index contributed by atoms with van der Waals surface area (Å²) < 4.78 is 1.83. The van der Waals surface area contributed by atoms with Crippen molar-refractivity contribution in [1.82, 2.24) is 20.4 Å². The fourth-order valence-corrected chi connectivity index (χ4v) is 2.77. The minimum Gasteiger partial charge on any atom is -0.271 e. The summed E-state index contributed by atoms with van der Waals surface area (Å²) in [6.45, 7) is 2.17. The highest BCUT2D eigenvalue weighted by molar-refractivity contribution is 7.99. The van der Waals surface area contributed by atoms with E-state index in [1.165, 1.54) is 0 Å². The summed E-state index contributed by atoms with van der Waals surface area (Å²) in [7, 11) is 0. The molecular weight excluding hydrogens is 258 g/mol. The van der Waals surface area contributed by atoms with Gasteiger partial charge in [0.2, 0.25) is 0 Å². The Morgan fingerprint density at radius 1 is 1.37 bits per heavy atom. The standard InChI is InChI=1S/C13H19N5S/c1-2-8-19-10-12(16-14)13-9-15-17-18(13)11-6-4-3-5-7-11/h3-7,9,12,16H,2,8,10,14H2,1H3. The zero-order chi connectivity index (χ0) is 13.5. The monoisotopic (exact) mass is 277 g/mol. The predicted molar refractivity (Wildman–Crippen MR) is 79.0 cm³/mol. The summed E-state index contributed by atoms with van der Waals surface area (Å²) in [5.41, 5.74) is 4.83. The Morgan fingerprint density at radius 2 is 2.16 bits per heavy atom. The van der Waals surface area contributed by atoms with Gasteiger partial charge >= 0.3 is 0 Å². The van der Waals surface area contributed by atoms with Crippen LogP contribution in [-0.2, 0) is 0 Å². The topological polar surface area (TPSA) is 68.8 Å². The molecule has 6 heteroatoms. The molecule has 0 bridgehead atoms. The highest BCUT2D eigenvalue weighted by Crippen LogP contribution is 2.20. The normalized spacial score (nSPS) is 12.5. The molecule has 1 unspecified atom stereocenters. The lowest BCUT2D eigenvalue weighted by atomic mass is 10.2. The van der Waals surface area contributed by atoms with Crippen molar-refractivity contribution >= 4 is 11.8 Å². The molecule has 0 saturated heterocycles. The van der Waals surface area contributed by atoms with Gasteiger partial charge in [0.05, 0.1) is 23.6 Å². The number of rotatable bonds is 7. The molecular formula is C13H19N5S. The van der Waals surface area contributed by atoms with Crippen LogP contribution in [0, 0.1) is 0 Å². The van der Waals surface area contributed by atoms with E-state index >= 15 is 0 Å². The van der Waals surface area contributed by atoms with Gasteiger partial charge in [-0.1, -0.05) is 30.3 Å². The van der Waals surface area contributed by atoms with Gasteiger partial charge in [-0.15, -0.1) is 5.10 Å². The number of nitrogens with zero attached hydrogens (tertiary/aromatic N) is 3. The molecule has 102 valence electrons. The molecule has 0 aliphatic rings. The smallest absolute Gasteiger partial charge is 0.0837 e. The number of nitrogens with one attached hydrogen (secondary N) is 1. The molecule has 5 nitrogen and oxygen atoms in total. The molecule has 1 aromatic heterocycles. The van der Waals surface area contributed by atoms with E-state index in [4.69, 9.17) is 5.84 Å². The molecule has 1 heterocycles. The number of hydrogen-bond acceptors (Lipinski definition) is 5. The molecule has 19 heavy (non-hydrogen) atoms. The van der Waals surface area contributed by atoms with E-state index in [0.717, 1.165) is 29.3 Å².